The summed E-state index contributed by atoms with van der Waals surface area (Å²) in [7, 11) is 0. The number of primary amides is 1. The highest BCUT2D eigenvalue weighted by Crippen LogP contribution is 2.66. The number of allylic oxidation sites excluding steroid dienone is 1. The van der Waals surface area contributed by atoms with Gasteiger partial charge in [0.1, 0.15) is 0 Å². The normalized spacial score (nSPS) is 44.4. The molecule has 5 nitrogen and oxygen atoms in total. The molecule has 0 saturated heterocycles. The molecule has 0 spiro atoms. The Kier molecular flexibility index (Phi) is 4.05. The van der Waals surface area contributed by atoms with Crippen LogP contribution in [0.1, 0.15) is 65.2 Å². The number of carbonyl (C=O) groups is 3. The van der Waals surface area contributed by atoms with Crippen LogP contribution in [0.15, 0.2) is 11.6 Å². The van der Waals surface area contributed by atoms with Crippen molar-refractivity contribution in [3.8, 4) is 0 Å². The molecule has 3 fully saturated rings. The van der Waals surface area contributed by atoms with Crippen molar-refractivity contribution < 1.29 is 14.4 Å². The van der Waals surface area contributed by atoms with Crippen LogP contribution in [-0.4, -0.2) is 17.7 Å². The summed E-state index contributed by atoms with van der Waals surface area (Å²) >= 11 is 0. The van der Waals surface area contributed by atoms with Crippen LogP contribution >= 0.6 is 0 Å². The van der Waals surface area contributed by atoms with E-state index < -0.39 is 6.03 Å². The zero-order valence-corrected chi connectivity index (χ0v) is 15.8. The van der Waals surface area contributed by atoms with Gasteiger partial charge in [-0.1, -0.05) is 19.4 Å². The van der Waals surface area contributed by atoms with E-state index in [2.05, 4.69) is 19.2 Å². The molecule has 6 atom stereocenters. The number of urea groups is 1. The minimum absolute atomic E-state index is 0.0389. The Morgan fingerprint density at radius 3 is 2.58 bits per heavy atom. The number of rotatable bonds is 1. The molecule has 3 amide bonds. The fourth-order valence-electron chi connectivity index (χ4n) is 7.20. The number of amides is 3. The van der Waals surface area contributed by atoms with Gasteiger partial charge in [0, 0.05) is 12.3 Å². The minimum Gasteiger partial charge on any atom is -0.351 e. The lowest BCUT2D eigenvalue weighted by Gasteiger charge is -2.58. The summed E-state index contributed by atoms with van der Waals surface area (Å²) < 4.78 is 0. The monoisotopic (exact) mass is 358 g/mol. The third kappa shape index (κ3) is 2.46. The summed E-state index contributed by atoms with van der Waals surface area (Å²) in [5.41, 5.74) is 6.67. The Morgan fingerprint density at radius 1 is 1.08 bits per heavy atom. The summed E-state index contributed by atoms with van der Waals surface area (Å²) in [4.78, 5) is 35.6. The molecule has 0 aromatic rings. The molecule has 4 aliphatic rings. The molecule has 0 heterocycles. The first-order chi connectivity index (χ1) is 12.3. The Morgan fingerprint density at radius 2 is 1.85 bits per heavy atom. The van der Waals surface area contributed by atoms with Gasteiger partial charge >= 0.3 is 6.03 Å². The van der Waals surface area contributed by atoms with E-state index in [1.54, 1.807) is 0 Å². The van der Waals surface area contributed by atoms with Crippen LogP contribution in [-0.2, 0) is 9.59 Å². The number of fused-ring (bicyclic) bond motifs is 5. The van der Waals surface area contributed by atoms with Gasteiger partial charge in [-0.05, 0) is 79.6 Å². The topological polar surface area (TPSA) is 89.3 Å². The summed E-state index contributed by atoms with van der Waals surface area (Å²) in [6, 6.07) is -0.748. The maximum absolute atomic E-state index is 12.5. The number of nitrogens with two attached hydrogens (primary N) is 1. The number of imide groups is 1. The number of nitrogens with one attached hydrogen (secondary N) is 1. The van der Waals surface area contributed by atoms with E-state index in [1.807, 2.05) is 6.08 Å². The van der Waals surface area contributed by atoms with Crippen molar-refractivity contribution in [2.24, 2.45) is 40.2 Å². The second kappa shape index (κ2) is 5.93. The number of hydrogen-bond donors (Lipinski definition) is 2. The van der Waals surface area contributed by atoms with E-state index in [0.717, 1.165) is 44.9 Å². The van der Waals surface area contributed by atoms with E-state index in [-0.39, 0.29) is 22.7 Å². The van der Waals surface area contributed by atoms with Gasteiger partial charge in [-0.15, -0.1) is 0 Å². The minimum atomic E-state index is -0.748. The van der Waals surface area contributed by atoms with Crippen molar-refractivity contribution in [3.63, 3.8) is 0 Å². The zero-order chi connectivity index (χ0) is 18.7. The predicted octanol–water partition coefficient (Wildman–Crippen LogP) is 3.33. The molecule has 0 aromatic heterocycles. The van der Waals surface area contributed by atoms with E-state index in [0.29, 0.717) is 30.0 Å². The maximum Gasteiger partial charge on any atom is 0.318 e. The molecular weight excluding hydrogens is 328 g/mol. The van der Waals surface area contributed by atoms with Gasteiger partial charge in [0.2, 0.25) is 5.91 Å². The second-order valence-corrected chi connectivity index (χ2v) is 9.50. The molecule has 3 saturated carbocycles. The molecule has 26 heavy (non-hydrogen) atoms. The van der Waals surface area contributed by atoms with Crippen LogP contribution in [0.3, 0.4) is 0 Å². The molecular formula is C21H30N2O3. The molecule has 142 valence electrons. The molecule has 5 heteroatoms. The smallest absolute Gasteiger partial charge is 0.318 e. The van der Waals surface area contributed by atoms with Crippen molar-refractivity contribution in [2.75, 3.05) is 0 Å². The first kappa shape index (κ1) is 17.7. The molecule has 0 bridgehead atoms. The molecule has 1 unspecified atom stereocenters. The van der Waals surface area contributed by atoms with Crippen molar-refractivity contribution in [1.82, 2.24) is 5.32 Å². The lowest BCUT2D eigenvalue weighted by molar-refractivity contribution is -0.131. The van der Waals surface area contributed by atoms with Crippen LogP contribution in [0.2, 0.25) is 0 Å². The van der Waals surface area contributed by atoms with Crippen LogP contribution in [0.4, 0.5) is 4.79 Å². The van der Waals surface area contributed by atoms with E-state index in [1.165, 1.54) is 5.57 Å². The standard InChI is InChI=1S/C21H30N2O3/c1-20-9-7-13(24)11-12(20)3-4-14-15-5-6-17(18(25)23-19(22)26)21(15,2)10-8-16(14)20/h11,14-17H,3-10H2,1-2H3,(H3,22,23,25,26)/t14-,15-,16+,17?,20-,21-/m0/s1. The average molecular weight is 358 g/mol. The van der Waals surface area contributed by atoms with Gasteiger partial charge in [0.25, 0.3) is 0 Å². The second-order valence-electron chi connectivity index (χ2n) is 9.50. The van der Waals surface area contributed by atoms with Crippen LogP contribution in [0, 0.1) is 34.5 Å². The summed E-state index contributed by atoms with van der Waals surface area (Å²) in [5.74, 6) is 1.76. The maximum atomic E-state index is 12.5. The van der Waals surface area contributed by atoms with Gasteiger partial charge in [0.05, 0.1) is 0 Å². The molecule has 4 aliphatic carbocycles. The first-order valence-corrected chi connectivity index (χ1v) is 10.1. The Bertz CT molecular complexity index is 699. The van der Waals surface area contributed by atoms with E-state index >= 15 is 0 Å². The van der Waals surface area contributed by atoms with Gasteiger partial charge in [-0.2, -0.15) is 0 Å². The van der Waals surface area contributed by atoms with E-state index in [9.17, 15) is 14.4 Å². The predicted molar refractivity (Wildman–Crippen MR) is 97.9 cm³/mol. The van der Waals surface area contributed by atoms with Gasteiger partial charge in [0.15, 0.2) is 5.78 Å². The Labute approximate surface area is 155 Å². The molecule has 0 aromatic carbocycles. The first-order valence-electron chi connectivity index (χ1n) is 10.1. The quantitative estimate of drug-likeness (QED) is 0.753. The Hall–Kier alpha value is -1.65. The van der Waals surface area contributed by atoms with E-state index in [4.69, 9.17) is 5.73 Å². The lowest BCUT2D eigenvalue weighted by Crippen LogP contribution is -2.52. The molecule has 0 aliphatic heterocycles. The number of carbonyl (C=O) groups excluding carboxylic acids is 3. The van der Waals surface area contributed by atoms with Crippen molar-refractivity contribution in [3.05, 3.63) is 11.6 Å². The largest absolute Gasteiger partial charge is 0.351 e. The third-order valence-electron chi connectivity index (χ3n) is 8.52. The average Bonchev–Trinajstić information content (AvgIpc) is 2.92. The van der Waals surface area contributed by atoms with Crippen LogP contribution < -0.4 is 11.1 Å². The van der Waals surface area contributed by atoms with Gasteiger partial charge < -0.3 is 5.73 Å². The highest BCUT2D eigenvalue weighted by Gasteiger charge is 2.60. The number of hydrogen-bond acceptors (Lipinski definition) is 3. The highest BCUT2D eigenvalue weighted by atomic mass is 16.2. The molecule has 3 N–H and O–H groups in total. The number of ketones is 1. The highest BCUT2D eigenvalue weighted by molar-refractivity contribution is 5.95. The SMILES string of the molecule is C[C@]12CCC(=O)C=C1CC[C@@H]1[C@H]2CC[C@]2(C)C(C(=O)NC(N)=O)CC[C@@H]12. The fourth-order valence-corrected chi connectivity index (χ4v) is 7.20. The summed E-state index contributed by atoms with van der Waals surface area (Å²) in [6.07, 6.45) is 9.78. The van der Waals surface area contributed by atoms with Gasteiger partial charge in [-0.3, -0.25) is 14.9 Å². The summed E-state index contributed by atoms with van der Waals surface area (Å²) in [5, 5.41) is 2.33. The molecule has 0 radical (unpaired) electrons. The van der Waals surface area contributed by atoms with Crippen LogP contribution in [0.5, 0.6) is 0 Å². The van der Waals surface area contributed by atoms with Gasteiger partial charge in [-0.25, -0.2) is 4.79 Å². The van der Waals surface area contributed by atoms with Crippen molar-refractivity contribution in [2.45, 2.75) is 65.2 Å². The van der Waals surface area contributed by atoms with Crippen molar-refractivity contribution >= 4 is 17.7 Å². The summed E-state index contributed by atoms with van der Waals surface area (Å²) in [6.45, 7) is 4.63. The van der Waals surface area contributed by atoms with Crippen molar-refractivity contribution in [1.29, 1.82) is 0 Å². The molecule has 4 rings (SSSR count). The fraction of sp³-hybridized carbons (Fsp3) is 0.762. The lowest BCUT2D eigenvalue weighted by atomic mass is 9.47. The van der Waals surface area contributed by atoms with Crippen LogP contribution in [0.25, 0.3) is 0 Å². The zero-order valence-electron chi connectivity index (χ0n) is 15.8. The Balaban J connectivity index is 1.60. The third-order valence-corrected chi connectivity index (χ3v) is 8.52.